The van der Waals surface area contributed by atoms with Gasteiger partial charge in [-0.1, -0.05) is 35.9 Å². The van der Waals surface area contributed by atoms with Crippen molar-refractivity contribution in [1.29, 1.82) is 0 Å². The Bertz CT molecular complexity index is 1430. The predicted molar refractivity (Wildman–Crippen MR) is 132 cm³/mol. The number of ether oxygens (including phenoxy) is 1. The van der Waals surface area contributed by atoms with Crippen LogP contribution in [0.5, 0.6) is 0 Å². The van der Waals surface area contributed by atoms with E-state index in [9.17, 15) is 24.2 Å². The molecule has 0 bridgehead atoms. The Hall–Kier alpha value is -1.89. The third kappa shape index (κ3) is 5.35. The fourth-order valence-electron chi connectivity index (χ4n) is 4.70. The lowest BCUT2D eigenvalue weighted by molar-refractivity contribution is -0.0652. The number of hydrogen-bond donors (Lipinski definition) is 5. The Morgan fingerprint density at radius 3 is 2.68 bits per heavy atom. The first kappa shape index (κ1) is 26.7. The molecular weight excluding hydrogens is 550 g/mol. The molecule has 0 spiro atoms. The zero-order valence-corrected chi connectivity index (χ0v) is 21.8. The Balaban J connectivity index is 1.40. The Morgan fingerprint density at radius 2 is 1.95 bits per heavy atom. The monoisotopic (exact) mass is 574 g/mol. The van der Waals surface area contributed by atoms with Gasteiger partial charge in [-0.05, 0) is 17.5 Å². The highest BCUT2D eigenvalue weighted by molar-refractivity contribution is 7.70. The number of halogens is 1. The quantitative estimate of drug-likeness (QED) is 0.254. The van der Waals surface area contributed by atoms with Crippen LogP contribution in [0, 0.1) is 0 Å². The minimum Gasteiger partial charge on any atom is -0.387 e. The molecule has 5 N–H and O–H groups in total. The van der Waals surface area contributed by atoms with E-state index in [4.69, 9.17) is 30.6 Å². The van der Waals surface area contributed by atoms with E-state index in [2.05, 4.69) is 27.1 Å². The molecule has 37 heavy (non-hydrogen) atoms. The minimum atomic E-state index is -4.82. The van der Waals surface area contributed by atoms with Gasteiger partial charge in [0.05, 0.1) is 25.1 Å². The van der Waals surface area contributed by atoms with Crippen LogP contribution in [0.1, 0.15) is 17.0 Å². The molecule has 200 valence electrons. The van der Waals surface area contributed by atoms with Crippen molar-refractivity contribution in [2.75, 3.05) is 30.6 Å². The first-order valence-corrected chi connectivity index (χ1v) is 15.2. The summed E-state index contributed by atoms with van der Waals surface area (Å²) >= 11 is 6.34. The predicted octanol–water partition coefficient (Wildman–Crippen LogP) is 1.23. The van der Waals surface area contributed by atoms with Crippen LogP contribution < -0.4 is 4.90 Å². The molecule has 16 heteroatoms. The number of nitrogens with zero attached hydrogens (tertiary/aromatic N) is 4. The smallest absolute Gasteiger partial charge is 0.340 e. The SMILES string of the molecule is O=P(O)(O)CP(=O)(O)OC[C@H]1OC[C@@](O)(c2ncc3c(N4CCc5ccccc5C4)cc(Cl)nn23)C1O. The first-order valence-electron chi connectivity index (χ1n) is 11.3. The molecule has 2 aliphatic heterocycles. The molecule has 4 atom stereocenters. The number of fused-ring (bicyclic) bond motifs is 2. The maximum atomic E-state index is 12.0. The van der Waals surface area contributed by atoms with E-state index in [0.29, 0.717) is 12.1 Å². The third-order valence-corrected chi connectivity index (χ3v) is 10.1. The van der Waals surface area contributed by atoms with Crippen molar-refractivity contribution in [3.05, 3.63) is 58.6 Å². The number of aliphatic hydroxyl groups excluding tert-OH is 1. The van der Waals surface area contributed by atoms with E-state index < -0.39 is 52.1 Å². The molecule has 0 amide bonds. The van der Waals surface area contributed by atoms with Crippen molar-refractivity contribution in [2.45, 2.75) is 30.8 Å². The standard InChI is InChI=1S/C21H25ClN4O9P2/c22-18-7-15(25-6-5-13-3-1-2-4-14(13)9-25)16-8-23-20(26(16)24-18)21(28)11-34-17(19(21)27)10-35-37(32,33)12-36(29,30)31/h1-4,7-8,17,19,27-28H,5-6,9-12H2,(H,32,33)(H2,29,30,31)/t17-,19?,21+/m1/s1. The van der Waals surface area contributed by atoms with E-state index in [1.165, 1.54) is 21.8 Å². The molecule has 0 saturated carbocycles. The molecule has 13 nitrogen and oxygen atoms in total. The highest BCUT2D eigenvalue weighted by Crippen LogP contribution is 2.55. The molecule has 3 aromatic rings. The van der Waals surface area contributed by atoms with Gasteiger partial charge in [0, 0.05) is 19.2 Å². The molecule has 0 aliphatic carbocycles. The lowest BCUT2D eigenvalue weighted by Crippen LogP contribution is -2.44. The van der Waals surface area contributed by atoms with Crippen molar-refractivity contribution in [1.82, 2.24) is 14.6 Å². The van der Waals surface area contributed by atoms with E-state index in [1.54, 1.807) is 6.07 Å². The Kier molecular flexibility index (Phi) is 7.00. The van der Waals surface area contributed by atoms with E-state index in [0.717, 1.165) is 18.7 Å². The summed E-state index contributed by atoms with van der Waals surface area (Å²) in [6.45, 7) is 0.208. The van der Waals surface area contributed by atoms with Crippen LogP contribution in [0.2, 0.25) is 5.15 Å². The van der Waals surface area contributed by atoms with E-state index in [1.807, 2.05) is 12.1 Å². The van der Waals surface area contributed by atoms with Crippen LogP contribution in [-0.4, -0.2) is 77.4 Å². The molecule has 0 radical (unpaired) electrons. The molecule has 1 aromatic carbocycles. The van der Waals surface area contributed by atoms with Gasteiger partial charge in [0.15, 0.2) is 22.5 Å². The van der Waals surface area contributed by atoms with Crippen LogP contribution in [0.15, 0.2) is 36.5 Å². The summed E-state index contributed by atoms with van der Waals surface area (Å²) in [5.41, 5.74) is 1.66. The second kappa shape index (κ2) is 9.69. The van der Waals surface area contributed by atoms with Gasteiger partial charge in [-0.15, -0.1) is 0 Å². The average Bonchev–Trinajstić information content (AvgIpc) is 3.37. The molecule has 5 rings (SSSR count). The molecule has 2 unspecified atom stereocenters. The van der Waals surface area contributed by atoms with Crippen LogP contribution >= 0.6 is 26.8 Å². The number of hydrogen-bond acceptors (Lipinski definition) is 9. The fraction of sp³-hybridized carbons (Fsp3) is 0.429. The summed E-state index contributed by atoms with van der Waals surface area (Å²) in [6, 6.07) is 9.85. The first-order chi connectivity index (χ1) is 17.4. The molecule has 4 heterocycles. The van der Waals surface area contributed by atoms with Gasteiger partial charge < -0.3 is 39.1 Å². The second-order valence-corrected chi connectivity index (χ2v) is 13.5. The van der Waals surface area contributed by atoms with Gasteiger partial charge in [-0.2, -0.15) is 5.10 Å². The van der Waals surface area contributed by atoms with Crippen LogP contribution in [0.4, 0.5) is 5.69 Å². The maximum Gasteiger partial charge on any atom is 0.340 e. The minimum absolute atomic E-state index is 0.0546. The van der Waals surface area contributed by atoms with Gasteiger partial charge in [0.1, 0.15) is 17.7 Å². The van der Waals surface area contributed by atoms with Gasteiger partial charge in [0.2, 0.25) is 0 Å². The lowest BCUT2D eigenvalue weighted by Gasteiger charge is -2.31. The summed E-state index contributed by atoms with van der Waals surface area (Å²) < 4.78 is 34.5. The fourth-order valence-corrected chi connectivity index (χ4v) is 7.45. The molecule has 1 fully saturated rings. The van der Waals surface area contributed by atoms with Gasteiger partial charge >= 0.3 is 15.2 Å². The normalized spacial score (nSPS) is 25.8. The van der Waals surface area contributed by atoms with E-state index >= 15 is 0 Å². The summed E-state index contributed by atoms with van der Waals surface area (Å²) in [5.74, 6) is -1.44. The summed E-state index contributed by atoms with van der Waals surface area (Å²) in [4.78, 5) is 34.0. The average molecular weight is 575 g/mol. The van der Waals surface area contributed by atoms with Crippen molar-refractivity contribution >= 4 is 38.0 Å². The third-order valence-electron chi connectivity index (χ3n) is 6.47. The van der Waals surface area contributed by atoms with Crippen molar-refractivity contribution in [3.63, 3.8) is 0 Å². The van der Waals surface area contributed by atoms with Crippen LogP contribution in [-0.2, 0) is 37.0 Å². The van der Waals surface area contributed by atoms with E-state index in [-0.39, 0.29) is 11.0 Å². The second-order valence-electron chi connectivity index (χ2n) is 9.13. The Morgan fingerprint density at radius 1 is 1.22 bits per heavy atom. The van der Waals surface area contributed by atoms with Crippen molar-refractivity contribution in [3.8, 4) is 0 Å². The number of benzene rings is 1. The molecule has 2 aliphatic rings. The van der Waals surface area contributed by atoms with Crippen molar-refractivity contribution in [2.24, 2.45) is 0 Å². The van der Waals surface area contributed by atoms with Gasteiger partial charge in [0.25, 0.3) is 0 Å². The van der Waals surface area contributed by atoms with Crippen LogP contribution in [0.25, 0.3) is 5.52 Å². The lowest BCUT2D eigenvalue weighted by atomic mass is 9.96. The van der Waals surface area contributed by atoms with Gasteiger partial charge in [-0.25, -0.2) is 9.50 Å². The maximum absolute atomic E-state index is 12.0. The van der Waals surface area contributed by atoms with Gasteiger partial charge in [-0.3, -0.25) is 9.13 Å². The summed E-state index contributed by atoms with van der Waals surface area (Å²) in [7, 11) is -9.50. The number of anilines is 1. The topological polar surface area (TPSA) is 187 Å². The molecular formula is C21H25ClN4O9P2. The van der Waals surface area contributed by atoms with Crippen molar-refractivity contribution < 1.29 is 43.3 Å². The number of aromatic nitrogens is 3. The van der Waals surface area contributed by atoms with Crippen LogP contribution in [0.3, 0.4) is 0 Å². The Labute approximate surface area is 215 Å². The number of imidazole rings is 1. The highest BCUT2D eigenvalue weighted by atomic mass is 35.5. The zero-order valence-electron chi connectivity index (χ0n) is 19.3. The summed E-state index contributed by atoms with van der Waals surface area (Å²) in [5, 5.41) is 26.6. The largest absolute Gasteiger partial charge is 0.387 e. The summed E-state index contributed by atoms with van der Waals surface area (Å²) in [6.07, 6.45) is -0.616. The number of rotatable bonds is 7. The highest BCUT2D eigenvalue weighted by Gasteiger charge is 2.53. The zero-order chi connectivity index (χ0) is 26.6. The number of aliphatic hydroxyl groups is 2. The molecule has 1 saturated heterocycles. The molecule has 2 aromatic heterocycles.